The quantitative estimate of drug-likeness (QED) is 0.0466. The first-order chi connectivity index (χ1) is 21.9. The van der Waals surface area contributed by atoms with E-state index in [9.17, 15) is 19.5 Å². The molecule has 0 bridgehead atoms. The molecule has 3 aromatic carbocycles. The molecule has 0 aliphatic heterocycles. The zero-order chi connectivity index (χ0) is 33.8. The average molecular weight is 629 g/mol. The lowest BCUT2D eigenvalue weighted by Crippen LogP contribution is -2.18. The van der Waals surface area contributed by atoms with E-state index in [1.54, 1.807) is 51.1 Å². The smallest absolute Gasteiger partial charge is 0.338 e. The highest BCUT2D eigenvalue weighted by Crippen LogP contribution is 2.35. The number of rotatable bonds is 16. The number of aryl methyl sites for hydroxylation is 1. The molecule has 9 heteroatoms. The van der Waals surface area contributed by atoms with Gasteiger partial charge in [-0.15, -0.1) is 0 Å². The zero-order valence-electron chi connectivity index (χ0n) is 26.7. The van der Waals surface area contributed by atoms with Crippen molar-refractivity contribution in [1.82, 2.24) is 0 Å². The predicted molar refractivity (Wildman–Crippen MR) is 175 cm³/mol. The van der Waals surface area contributed by atoms with Gasteiger partial charge in [0.05, 0.1) is 12.2 Å². The topological polar surface area (TPSA) is 118 Å². The fraction of sp³-hybridized carbons (Fsp3) is 0.270. The SMILES string of the molecule is C=C(C)C(=O)OCCOc1cc(C(=O)OCCOC(O)C(=C)C)ccc1-c1ccc(-c2ccc(OC(=O)C(=C)C)cc2)c(CC)c1. The minimum atomic E-state index is -1.14. The number of hydrogen-bond acceptors (Lipinski definition) is 9. The zero-order valence-corrected chi connectivity index (χ0v) is 26.7. The van der Waals surface area contributed by atoms with E-state index in [1.807, 2.05) is 24.3 Å². The van der Waals surface area contributed by atoms with Crippen LogP contribution in [0.4, 0.5) is 0 Å². The molecular weight excluding hydrogens is 588 g/mol. The molecule has 0 fully saturated rings. The third kappa shape index (κ3) is 10.0. The summed E-state index contributed by atoms with van der Waals surface area (Å²) in [6, 6.07) is 18.2. The van der Waals surface area contributed by atoms with Crippen LogP contribution in [0.3, 0.4) is 0 Å². The molecule has 0 saturated heterocycles. The Hall–Kier alpha value is -4.99. The third-order valence-electron chi connectivity index (χ3n) is 6.68. The average Bonchev–Trinajstić information content (AvgIpc) is 3.04. The monoisotopic (exact) mass is 628 g/mol. The maximum absolute atomic E-state index is 12.8. The van der Waals surface area contributed by atoms with Gasteiger partial charge in [-0.1, -0.05) is 57.0 Å². The number of benzene rings is 3. The van der Waals surface area contributed by atoms with Gasteiger partial charge in [0.1, 0.15) is 31.3 Å². The van der Waals surface area contributed by atoms with Crippen LogP contribution < -0.4 is 9.47 Å². The lowest BCUT2D eigenvalue weighted by Gasteiger charge is -2.16. The van der Waals surface area contributed by atoms with Crippen LogP contribution in [0.2, 0.25) is 0 Å². The molecule has 0 aliphatic carbocycles. The van der Waals surface area contributed by atoms with Crippen molar-refractivity contribution in [1.29, 1.82) is 0 Å². The van der Waals surface area contributed by atoms with Crippen LogP contribution in [-0.4, -0.2) is 55.7 Å². The number of ether oxygens (including phenoxy) is 5. The van der Waals surface area contributed by atoms with E-state index in [4.69, 9.17) is 23.7 Å². The molecule has 0 radical (unpaired) electrons. The van der Waals surface area contributed by atoms with E-state index in [0.717, 1.165) is 34.2 Å². The van der Waals surface area contributed by atoms with Crippen molar-refractivity contribution in [3.05, 3.63) is 108 Å². The van der Waals surface area contributed by atoms with Gasteiger partial charge < -0.3 is 28.8 Å². The van der Waals surface area contributed by atoms with Crippen LogP contribution >= 0.6 is 0 Å². The Bertz CT molecular complexity index is 1600. The molecular formula is C37H40O9. The summed E-state index contributed by atoms with van der Waals surface area (Å²) < 4.78 is 27.0. The largest absolute Gasteiger partial charge is 0.489 e. The molecule has 0 aromatic heterocycles. The van der Waals surface area contributed by atoms with Gasteiger partial charge in [-0.2, -0.15) is 0 Å². The molecule has 242 valence electrons. The number of esters is 3. The van der Waals surface area contributed by atoms with Crippen LogP contribution in [0.5, 0.6) is 11.5 Å². The van der Waals surface area contributed by atoms with Crippen molar-refractivity contribution in [2.75, 3.05) is 26.4 Å². The van der Waals surface area contributed by atoms with Gasteiger partial charge in [-0.05, 0) is 85.4 Å². The fourth-order valence-corrected chi connectivity index (χ4v) is 4.17. The van der Waals surface area contributed by atoms with Gasteiger partial charge in [0, 0.05) is 16.7 Å². The summed E-state index contributed by atoms with van der Waals surface area (Å²) in [5.74, 6) is -0.776. The van der Waals surface area contributed by atoms with Crippen molar-refractivity contribution in [2.24, 2.45) is 0 Å². The summed E-state index contributed by atoms with van der Waals surface area (Å²) in [6.45, 7) is 17.6. The van der Waals surface area contributed by atoms with Gasteiger partial charge in [0.2, 0.25) is 0 Å². The summed E-state index contributed by atoms with van der Waals surface area (Å²) >= 11 is 0. The van der Waals surface area contributed by atoms with Crippen LogP contribution in [-0.2, 0) is 30.2 Å². The molecule has 46 heavy (non-hydrogen) atoms. The van der Waals surface area contributed by atoms with E-state index >= 15 is 0 Å². The Balaban J connectivity index is 1.86. The van der Waals surface area contributed by atoms with Crippen LogP contribution in [0, 0.1) is 0 Å². The van der Waals surface area contributed by atoms with Crippen LogP contribution in [0.25, 0.3) is 22.3 Å². The first-order valence-electron chi connectivity index (χ1n) is 14.7. The van der Waals surface area contributed by atoms with Crippen molar-refractivity contribution in [3.63, 3.8) is 0 Å². The maximum atomic E-state index is 12.8. The first kappa shape index (κ1) is 35.5. The van der Waals surface area contributed by atoms with Crippen molar-refractivity contribution >= 4 is 17.9 Å². The summed E-state index contributed by atoms with van der Waals surface area (Å²) in [6.07, 6.45) is -0.406. The molecule has 0 spiro atoms. The molecule has 0 heterocycles. The third-order valence-corrected chi connectivity index (χ3v) is 6.68. The van der Waals surface area contributed by atoms with E-state index in [0.29, 0.717) is 22.6 Å². The van der Waals surface area contributed by atoms with Crippen molar-refractivity contribution < 1.29 is 43.2 Å². The van der Waals surface area contributed by atoms with Crippen molar-refractivity contribution in [3.8, 4) is 33.8 Å². The van der Waals surface area contributed by atoms with E-state index in [1.165, 1.54) is 0 Å². The second-order valence-corrected chi connectivity index (χ2v) is 10.6. The lowest BCUT2D eigenvalue weighted by molar-refractivity contribution is -0.139. The number of carbonyl (C=O) groups is 3. The summed E-state index contributed by atoms with van der Waals surface area (Å²) in [7, 11) is 0. The number of hydrogen-bond donors (Lipinski definition) is 1. The molecule has 1 unspecified atom stereocenters. The molecule has 0 amide bonds. The molecule has 1 atom stereocenters. The van der Waals surface area contributed by atoms with E-state index in [2.05, 4.69) is 32.7 Å². The fourth-order valence-electron chi connectivity index (χ4n) is 4.17. The number of aliphatic hydroxyl groups is 1. The Labute approximate surface area is 269 Å². The minimum Gasteiger partial charge on any atom is -0.489 e. The normalized spacial score (nSPS) is 11.2. The summed E-state index contributed by atoms with van der Waals surface area (Å²) in [5, 5.41) is 9.69. The Morgan fingerprint density at radius 3 is 2.00 bits per heavy atom. The second kappa shape index (κ2) is 16.9. The number of carbonyl (C=O) groups excluding carboxylic acids is 3. The molecule has 0 saturated carbocycles. The van der Waals surface area contributed by atoms with Gasteiger partial charge in [-0.25, -0.2) is 14.4 Å². The number of aliphatic hydroxyl groups excluding tert-OH is 1. The molecule has 9 nitrogen and oxygen atoms in total. The predicted octanol–water partition coefficient (Wildman–Crippen LogP) is 6.63. The molecule has 1 N–H and O–H groups in total. The summed E-state index contributed by atoms with van der Waals surface area (Å²) in [4.78, 5) is 36.5. The first-order valence-corrected chi connectivity index (χ1v) is 14.7. The van der Waals surface area contributed by atoms with Crippen LogP contribution in [0.15, 0.2) is 97.1 Å². The highest BCUT2D eigenvalue weighted by molar-refractivity contribution is 5.92. The highest BCUT2D eigenvalue weighted by atomic mass is 16.6. The van der Waals surface area contributed by atoms with Gasteiger partial charge in [-0.3, -0.25) is 0 Å². The Kier molecular flexibility index (Phi) is 13.0. The van der Waals surface area contributed by atoms with Gasteiger partial charge in [0.15, 0.2) is 6.29 Å². The van der Waals surface area contributed by atoms with Crippen LogP contribution in [0.1, 0.15) is 43.6 Å². The van der Waals surface area contributed by atoms with Gasteiger partial charge >= 0.3 is 17.9 Å². The minimum absolute atomic E-state index is 0.0101. The summed E-state index contributed by atoms with van der Waals surface area (Å²) in [5.41, 5.74) is 5.88. The molecule has 3 rings (SSSR count). The van der Waals surface area contributed by atoms with Gasteiger partial charge in [0.25, 0.3) is 0 Å². The second-order valence-electron chi connectivity index (χ2n) is 10.6. The molecule has 0 aliphatic rings. The molecule has 3 aromatic rings. The lowest BCUT2D eigenvalue weighted by atomic mass is 9.93. The Morgan fingerprint density at radius 1 is 0.739 bits per heavy atom. The van der Waals surface area contributed by atoms with E-state index in [-0.39, 0.29) is 37.6 Å². The maximum Gasteiger partial charge on any atom is 0.338 e. The standard InChI is InChI=1S/C37H40O9/c1-8-26-21-28(11-15-31(26)27-9-13-30(14-10-27)46-36(40)25(6)7)32-16-12-29(37(41)45-20-19-44-35(39)24(4)5)22-33(32)42-17-18-43-34(38)23(2)3/h9-16,21-22,35,39H,2,4,6,8,17-20H2,1,3,5,7H3. The Morgan fingerprint density at radius 2 is 1.37 bits per heavy atom. The highest BCUT2D eigenvalue weighted by Gasteiger charge is 2.16. The van der Waals surface area contributed by atoms with Crippen molar-refractivity contribution in [2.45, 2.75) is 40.4 Å². The van der Waals surface area contributed by atoms with E-state index < -0.39 is 24.2 Å².